The van der Waals surface area contributed by atoms with Gasteiger partial charge in [-0.05, 0) is 62.1 Å². The summed E-state index contributed by atoms with van der Waals surface area (Å²) in [6, 6.07) is 4.37. The van der Waals surface area contributed by atoms with E-state index in [0.29, 0.717) is 17.7 Å². The van der Waals surface area contributed by atoms with Crippen molar-refractivity contribution >= 4 is 5.78 Å². The molecule has 0 unspecified atom stereocenters. The summed E-state index contributed by atoms with van der Waals surface area (Å²) in [6.45, 7) is 4.36. The van der Waals surface area contributed by atoms with Crippen molar-refractivity contribution in [3.63, 3.8) is 0 Å². The van der Waals surface area contributed by atoms with Gasteiger partial charge in [0, 0.05) is 29.5 Å². The highest BCUT2D eigenvalue weighted by Gasteiger charge is 2.67. The number of benzene rings is 1. The van der Waals surface area contributed by atoms with Crippen LogP contribution in [0.3, 0.4) is 0 Å². The van der Waals surface area contributed by atoms with E-state index in [1.165, 1.54) is 36.9 Å². The third-order valence-corrected chi connectivity index (χ3v) is 8.30. The molecule has 1 saturated heterocycles. The first kappa shape index (κ1) is 15.5. The van der Waals surface area contributed by atoms with Crippen molar-refractivity contribution in [2.75, 3.05) is 13.1 Å². The molecule has 0 aromatic heterocycles. The van der Waals surface area contributed by atoms with E-state index < -0.39 is 0 Å². The molecular weight excluding hydrogens is 326 g/mol. The topological polar surface area (TPSA) is 49.8 Å². The number of nitrogens with zero attached hydrogens (tertiary/aromatic N) is 1. The number of phenolic OH excluding ortho intramolecular Hbond substituents is 1. The third-order valence-electron chi connectivity index (χ3n) is 8.30. The average molecular weight is 353 g/mol. The largest absolute Gasteiger partial charge is 0.504 e. The Labute approximate surface area is 154 Å². The molecule has 4 nitrogen and oxygen atoms in total. The predicted octanol–water partition coefficient (Wildman–Crippen LogP) is 3.05. The number of carbonyl (C=O) groups excluding carboxylic acids is 1. The molecule has 0 amide bonds. The lowest BCUT2D eigenvalue weighted by molar-refractivity contribution is -0.145. The van der Waals surface area contributed by atoms with Crippen LogP contribution in [0.5, 0.6) is 11.5 Å². The van der Waals surface area contributed by atoms with E-state index in [0.717, 1.165) is 31.7 Å². The molecule has 1 aromatic rings. The van der Waals surface area contributed by atoms with Gasteiger partial charge in [0.25, 0.3) is 0 Å². The number of likely N-dealkylation sites (tertiary alicyclic amines) is 1. The number of piperidine rings is 1. The lowest BCUT2D eigenvalue weighted by atomic mass is 9.50. The number of hydrogen-bond acceptors (Lipinski definition) is 4. The Balaban J connectivity index is 1.50. The van der Waals surface area contributed by atoms with Crippen molar-refractivity contribution < 1.29 is 14.6 Å². The molecule has 2 aliphatic heterocycles. The molecule has 6 rings (SSSR count). The van der Waals surface area contributed by atoms with Gasteiger partial charge in [0.2, 0.25) is 0 Å². The summed E-state index contributed by atoms with van der Waals surface area (Å²) < 4.78 is 6.22. The van der Waals surface area contributed by atoms with Crippen LogP contribution in [0.25, 0.3) is 0 Å². The fraction of sp³-hybridized carbons (Fsp3) is 0.682. The predicted molar refractivity (Wildman–Crippen MR) is 97.5 cm³/mol. The number of ketones is 1. The van der Waals surface area contributed by atoms with Gasteiger partial charge in [0.15, 0.2) is 23.4 Å². The van der Waals surface area contributed by atoms with Crippen LogP contribution >= 0.6 is 0 Å². The maximum Gasteiger partial charge on any atom is 0.177 e. The van der Waals surface area contributed by atoms with Crippen LogP contribution in [-0.2, 0) is 16.6 Å². The first-order chi connectivity index (χ1) is 12.6. The summed E-state index contributed by atoms with van der Waals surface area (Å²) >= 11 is 0. The first-order valence-corrected chi connectivity index (χ1v) is 10.4. The van der Waals surface area contributed by atoms with E-state index in [1.807, 2.05) is 0 Å². The Hall–Kier alpha value is -1.55. The standard InChI is InChI=1S/C22H27NO3/c1-12-9-15-16-10-14-5-6-17(24)20-18(14)22(15,21(26-20)19(12)25)7-8-23(16)11-13-3-2-4-13/h5-6,12-13,15-16,21,24H,2-4,7-11H2,1H3/t12-,15-,16+,21-,22-/m0/s1. The molecule has 1 spiro atoms. The number of Topliss-reactive ketones (excluding diaryl/α,β-unsaturated/α-hetero) is 1. The smallest absolute Gasteiger partial charge is 0.177 e. The van der Waals surface area contributed by atoms with Crippen LogP contribution in [0, 0.1) is 17.8 Å². The van der Waals surface area contributed by atoms with E-state index in [1.54, 1.807) is 6.07 Å². The van der Waals surface area contributed by atoms with Gasteiger partial charge in [0.05, 0.1) is 0 Å². The minimum Gasteiger partial charge on any atom is -0.504 e. The lowest BCUT2D eigenvalue weighted by Gasteiger charge is -2.59. The van der Waals surface area contributed by atoms with Crippen LogP contribution in [-0.4, -0.2) is 41.0 Å². The van der Waals surface area contributed by atoms with E-state index in [4.69, 9.17) is 4.74 Å². The molecule has 1 N–H and O–H groups in total. The number of hydrogen-bond donors (Lipinski definition) is 1. The van der Waals surface area contributed by atoms with Crippen LogP contribution in [0.1, 0.15) is 50.2 Å². The molecule has 5 aliphatic rings. The van der Waals surface area contributed by atoms with Gasteiger partial charge in [-0.2, -0.15) is 0 Å². The molecule has 0 radical (unpaired) electrons. The third kappa shape index (κ3) is 1.72. The monoisotopic (exact) mass is 353 g/mol. The zero-order chi connectivity index (χ0) is 17.6. The summed E-state index contributed by atoms with van der Waals surface area (Å²) in [5.74, 6) is 2.48. The molecule has 2 saturated carbocycles. The van der Waals surface area contributed by atoms with Crippen LogP contribution in [0.15, 0.2) is 12.1 Å². The number of phenols is 1. The number of carbonyl (C=O) groups is 1. The Morgan fingerprint density at radius 3 is 2.96 bits per heavy atom. The second-order valence-corrected chi connectivity index (χ2v) is 9.45. The van der Waals surface area contributed by atoms with Crippen molar-refractivity contribution in [2.24, 2.45) is 17.8 Å². The van der Waals surface area contributed by atoms with Gasteiger partial charge in [-0.1, -0.05) is 19.4 Å². The van der Waals surface area contributed by atoms with Crippen LogP contribution in [0.4, 0.5) is 0 Å². The van der Waals surface area contributed by atoms with Gasteiger partial charge in [-0.3, -0.25) is 9.69 Å². The zero-order valence-corrected chi connectivity index (χ0v) is 15.4. The Morgan fingerprint density at radius 2 is 2.19 bits per heavy atom. The number of ether oxygens (including phenoxy) is 1. The molecule has 26 heavy (non-hydrogen) atoms. The molecule has 3 aliphatic carbocycles. The fourth-order valence-corrected chi connectivity index (χ4v) is 6.84. The van der Waals surface area contributed by atoms with Gasteiger partial charge in [-0.15, -0.1) is 0 Å². The van der Waals surface area contributed by atoms with Crippen molar-refractivity contribution in [3.8, 4) is 11.5 Å². The quantitative estimate of drug-likeness (QED) is 0.888. The summed E-state index contributed by atoms with van der Waals surface area (Å²) in [5, 5.41) is 10.4. The highest BCUT2D eigenvalue weighted by molar-refractivity contribution is 5.90. The molecular formula is C22H27NO3. The van der Waals surface area contributed by atoms with Crippen molar-refractivity contribution in [1.82, 2.24) is 4.90 Å². The van der Waals surface area contributed by atoms with Gasteiger partial charge < -0.3 is 9.84 Å². The van der Waals surface area contributed by atoms with E-state index in [-0.39, 0.29) is 29.0 Å². The highest BCUT2D eigenvalue weighted by Crippen LogP contribution is 2.63. The summed E-state index contributed by atoms with van der Waals surface area (Å²) in [5.41, 5.74) is 2.31. The normalized spacial score (nSPS) is 40.7. The van der Waals surface area contributed by atoms with Gasteiger partial charge in [-0.25, -0.2) is 0 Å². The van der Waals surface area contributed by atoms with Crippen molar-refractivity contribution in [1.29, 1.82) is 0 Å². The maximum atomic E-state index is 13.1. The molecule has 3 fully saturated rings. The molecule has 5 atom stereocenters. The Kier molecular flexibility index (Phi) is 3.00. The van der Waals surface area contributed by atoms with Gasteiger partial charge in [0.1, 0.15) is 0 Å². The maximum absolute atomic E-state index is 13.1. The SMILES string of the molecule is C[C@H]1C[C@H]2[C@H]3Cc4ccc(O)c5c4[C@@]2(CCN3CC2CCC2)[C@@H](O5)C1=O. The van der Waals surface area contributed by atoms with Crippen molar-refractivity contribution in [3.05, 3.63) is 23.3 Å². The second-order valence-electron chi connectivity index (χ2n) is 9.45. The highest BCUT2D eigenvalue weighted by atomic mass is 16.5. The summed E-state index contributed by atoms with van der Waals surface area (Å²) in [6.07, 6.45) is 6.78. The fourth-order valence-electron chi connectivity index (χ4n) is 6.84. The van der Waals surface area contributed by atoms with Crippen LogP contribution in [0.2, 0.25) is 0 Å². The molecule has 138 valence electrons. The lowest BCUT2D eigenvalue weighted by Crippen LogP contribution is -2.67. The number of aromatic hydroxyl groups is 1. The zero-order valence-electron chi connectivity index (χ0n) is 15.4. The van der Waals surface area contributed by atoms with Crippen LogP contribution < -0.4 is 4.74 Å². The van der Waals surface area contributed by atoms with Crippen molar-refractivity contribution in [2.45, 2.75) is 63.0 Å². The average Bonchev–Trinajstić information content (AvgIpc) is 2.93. The minimum absolute atomic E-state index is 0.0577. The molecule has 2 bridgehead atoms. The molecule has 2 heterocycles. The molecule has 1 aromatic carbocycles. The first-order valence-electron chi connectivity index (χ1n) is 10.4. The van der Waals surface area contributed by atoms with Gasteiger partial charge >= 0.3 is 0 Å². The van der Waals surface area contributed by atoms with E-state index in [2.05, 4.69) is 17.9 Å². The second kappa shape index (κ2) is 5.03. The summed E-state index contributed by atoms with van der Waals surface area (Å²) in [4.78, 5) is 15.8. The Bertz CT molecular complexity index is 801. The van der Waals surface area contributed by atoms with E-state index >= 15 is 0 Å². The number of rotatable bonds is 2. The summed E-state index contributed by atoms with van der Waals surface area (Å²) in [7, 11) is 0. The minimum atomic E-state index is -0.382. The Morgan fingerprint density at radius 1 is 1.35 bits per heavy atom. The van der Waals surface area contributed by atoms with E-state index in [9.17, 15) is 9.90 Å². The molecule has 4 heteroatoms.